The van der Waals surface area contributed by atoms with E-state index in [1.807, 2.05) is 0 Å². The van der Waals surface area contributed by atoms with E-state index >= 15 is 0 Å². The van der Waals surface area contributed by atoms with Gasteiger partial charge in [0.2, 0.25) is 0 Å². The van der Waals surface area contributed by atoms with Crippen molar-refractivity contribution in [3.63, 3.8) is 0 Å². The summed E-state index contributed by atoms with van der Waals surface area (Å²) in [4.78, 5) is 0. The molecule has 0 saturated carbocycles. The third-order valence-electron chi connectivity index (χ3n) is 2.94. The van der Waals surface area contributed by atoms with Crippen LogP contribution >= 0.6 is 0 Å². The van der Waals surface area contributed by atoms with E-state index in [1.165, 1.54) is 30.4 Å². The Labute approximate surface area is 92.2 Å². The van der Waals surface area contributed by atoms with E-state index in [0.29, 0.717) is 6.04 Å². The Hall–Kier alpha value is -1.08. The molecule has 1 N–H and O–H groups in total. The van der Waals surface area contributed by atoms with Gasteiger partial charge < -0.3 is 5.32 Å². The highest BCUT2D eigenvalue weighted by molar-refractivity contribution is 5.21. The minimum absolute atomic E-state index is 0.583. The first-order chi connectivity index (χ1) is 7.34. The molecule has 0 heterocycles. The van der Waals surface area contributed by atoms with Gasteiger partial charge in [0, 0.05) is 12.6 Å². The molecule has 0 saturated heterocycles. The Morgan fingerprint density at radius 2 is 2.07 bits per heavy atom. The average molecular weight is 201 g/mol. The van der Waals surface area contributed by atoms with Gasteiger partial charge in [-0.1, -0.05) is 42.0 Å². The number of aryl methyl sites for hydroxylation is 1. The van der Waals surface area contributed by atoms with Crippen molar-refractivity contribution in [1.82, 2.24) is 5.32 Å². The summed E-state index contributed by atoms with van der Waals surface area (Å²) in [5.74, 6) is 0. The van der Waals surface area contributed by atoms with E-state index in [2.05, 4.69) is 48.7 Å². The van der Waals surface area contributed by atoms with Gasteiger partial charge in [-0.05, 0) is 31.7 Å². The molecule has 1 unspecified atom stereocenters. The molecule has 0 aromatic heterocycles. The maximum Gasteiger partial charge on any atom is 0.0253 e. The van der Waals surface area contributed by atoms with Crippen LogP contribution in [0.5, 0.6) is 0 Å². The van der Waals surface area contributed by atoms with Crippen LogP contribution in [0, 0.1) is 6.92 Å². The normalized spacial score (nSPS) is 20.5. The quantitative estimate of drug-likeness (QED) is 0.741. The monoisotopic (exact) mass is 201 g/mol. The largest absolute Gasteiger partial charge is 0.306 e. The topological polar surface area (TPSA) is 12.0 Å². The minimum Gasteiger partial charge on any atom is -0.306 e. The van der Waals surface area contributed by atoms with E-state index in [1.54, 1.807) is 0 Å². The molecule has 1 aromatic carbocycles. The molecule has 0 spiro atoms. The third kappa shape index (κ3) is 3.21. The van der Waals surface area contributed by atoms with Crippen molar-refractivity contribution in [2.75, 3.05) is 0 Å². The SMILES string of the molecule is Cc1ccc(CNC2C=CCCC2)cc1. The van der Waals surface area contributed by atoms with Crippen LogP contribution in [0.1, 0.15) is 30.4 Å². The van der Waals surface area contributed by atoms with Crippen LogP contribution in [-0.4, -0.2) is 6.04 Å². The molecule has 0 radical (unpaired) electrons. The zero-order valence-electron chi connectivity index (χ0n) is 9.37. The van der Waals surface area contributed by atoms with Crippen LogP contribution in [-0.2, 0) is 6.54 Å². The van der Waals surface area contributed by atoms with E-state index in [0.717, 1.165) is 6.54 Å². The molecule has 80 valence electrons. The number of allylic oxidation sites excluding steroid dienone is 1. The van der Waals surface area contributed by atoms with Crippen LogP contribution in [0.4, 0.5) is 0 Å². The second-order valence-electron chi connectivity index (χ2n) is 4.33. The summed E-state index contributed by atoms with van der Waals surface area (Å²) in [6.45, 7) is 3.11. The third-order valence-corrected chi connectivity index (χ3v) is 2.94. The molecule has 1 nitrogen and oxygen atoms in total. The number of rotatable bonds is 3. The Morgan fingerprint density at radius 3 is 2.73 bits per heavy atom. The van der Waals surface area contributed by atoms with Crippen LogP contribution in [0.15, 0.2) is 36.4 Å². The van der Waals surface area contributed by atoms with Crippen LogP contribution in [0.2, 0.25) is 0 Å². The van der Waals surface area contributed by atoms with Gasteiger partial charge in [-0.3, -0.25) is 0 Å². The average Bonchev–Trinajstić information content (AvgIpc) is 2.30. The Balaban J connectivity index is 1.84. The zero-order chi connectivity index (χ0) is 10.5. The summed E-state index contributed by atoms with van der Waals surface area (Å²) < 4.78 is 0. The lowest BCUT2D eigenvalue weighted by molar-refractivity contribution is 0.522. The van der Waals surface area contributed by atoms with E-state index < -0.39 is 0 Å². The summed E-state index contributed by atoms with van der Waals surface area (Å²) in [6.07, 6.45) is 8.45. The maximum atomic E-state index is 3.57. The number of nitrogens with one attached hydrogen (secondary N) is 1. The summed E-state index contributed by atoms with van der Waals surface area (Å²) in [7, 11) is 0. The molecule has 1 heteroatoms. The first-order valence-corrected chi connectivity index (χ1v) is 5.80. The molecule has 0 amide bonds. The Kier molecular flexibility index (Phi) is 3.57. The van der Waals surface area contributed by atoms with Crippen molar-refractivity contribution in [1.29, 1.82) is 0 Å². The van der Waals surface area contributed by atoms with Gasteiger partial charge in [-0.2, -0.15) is 0 Å². The Bertz CT molecular complexity index is 324. The standard InChI is InChI=1S/C14H19N/c1-12-7-9-13(10-8-12)11-15-14-5-3-2-4-6-14/h3,5,7-10,14-15H,2,4,6,11H2,1H3. The lowest BCUT2D eigenvalue weighted by Crippen LogP contribution is -2.27. The summed E-state index contributed by atoms with van der Waals surface area (Å²) in [5, 5.41) is 3.57. The van der Waals surface area contributed by atoms with Crippen molar-refractivity contribution in [3.05, 3.63) is 47.5 Å². The van der Waals surface area contributed by atoms with Crippen LogP contribution < -0.4 is 5.32 Å². The second kappa shape index (κ2) is 5.13. The second-order valence-corrected chi connectivity index (χ2v) is 4.33. The molecule has 0 aliphatic heterocycles. The highest BCUT2D eigenvalue weighted by Gasteiger charge is 2.06. The number of hydrogen-bond donors (Lipinski definition) is 1. The van der Waals surface area contributed by atoms with Crippen molar-refractivity contribution >= 4 is 0 Å². The summed E-state index contributed by atoms with van der Waals surface area (Å²) in [6, 6.07) is 9.34. The molecule has 2 rings (SSSR count). The first kappa shape index (κ1) is 10.4. The van der Waals surface area contributed by atoms with E-state index in [-0.39, 0.29) is 0 Å². The lowest BCUT2D eigenvalue weighted by atomic mass is 10.0. The van der Waals surface area contributed by atoms with E-state index in [9.17, 15) is 0 Å². The molecule has 15 heavy (non-hydrogen) atoms. The molecule has 1 atom stereocenters. The van der Waals surface area contributed by atoms with Gasteiger partial charge in [-0.15, -0.1) is 0 Å². The fourth-order valence-electron chi connectivity index (χ4n) is 1.94. The smallest absolute Gasteiger partial charge is 0.0253 e. The number of hydrogen-bond acceptors (Lipinski definition) is 1. The van der Waals surface area contributed by atoms with Crippen molar-refractivity contribution in [2.45, 2.75) is 38.8 Å². The van der Waals surface area contributed by atoms with Gasteiger partial charge >= 0.3 is 0 Å². The van der Waals surface area contributed by atoms with Crippen LogP contribution in [0.25, 0.3) is 0 Å². The van der Waals surface area contributed by atoms with E-state index in [4.69, 9.17) is 0 Å². The summed E-state index contributed by atoms with van der Waals surface area (Å²) in [5.41, 5.74) is 2.70. The molecular weight excluding hydrogens is 182 g/mol. The summed E-state index contributed by atoms with van der Waals surface area (Å²) >= 11 is 0. The van der Waals surface area contributed by atoms with Gasteiger partial charge in [-0.25, -0.2) is 0 Å². The molecular formula is C14H19N. The van der Waals surface area contributed by atoms with Gasteiger partial charge in [0.1, 0.15) is 0 Å². The van der Waals surface area contributed by atoms with Crippen molar-refractivity contribution in [2.24, 2.45) is 0 Å². The van der Waals surface area contributed by atoms with Crippen molar-refractivity contribution in [3.8, 4) is 0 Å². The molecule has 0 bridgehead atoms. The van der Waals surface area contributed by atoms with Gasteiger partial charge in [0.15, 0.2) is 0 Å². The zero-order valence-corrected chi connectivity index (χ0v) is 9.37. The van der Waals surface area contributed by atoms with Gasteiger partial charge in [0.25, 0.3) is 0 Å². The predicted molar refractivity (Wildman–Crippen MR) is 64.8 cm³/mol. The lowest BCUT2D eigenvalue weighted by Gasteiger charge is -2.17. The molecule has 0 fully saturated rings. The fraction of sp³-hybridized carbons (Fsp3) is 0.429. The highest BCUT2D eigenvalue weighted by atomic mass is 14.9. The van der Waals surface area contributed by atoms with Crippen LogP contribution in [0.3, 0.4) is 0 Å². The maximum absolute atomic E-state index is 3.57. The highest BCUT2D eigenvalue weighted by Crippen LogP contribution is 2.11. The Morgan fingerprint density at radius 1 is 1.27 bits per heavy atom. The fourth-order valence-corrected chi connectivity index (χ4v) is 1.94. The molecule has 1 aromatic rings. The minimum atomic E-state index is 0.583. The molecule has 1 aliphatic carbocycles. The first-order valence-electron chi connectivity index (χ1n) is 5.80. The predicted octanol–water partition coefficient (Wildman–Crippen LogP) is 3.19. The van der Waals surface area contributed by atoms with Crippen molar-refractivity contribution < 1.29 is 0 Å². The number of benzene rings is 1. The molecule has 1 aliphatic rings. The van der Waals surface area contributed by atoms with Gasteiger partial charge in [0.05, 0.1) is 0 Å².